The number of imidazole rings is 1. The Balaban J connectivity index is 1.85. The van der Waals surface area contributed by atoms with E-state index in [0.717, 1.165) is 5.56 Å². The van der Waals surface area contributed by atoms with E-state index in [-0.39, 0.29) is 29.1 Å². The van der Waals surface area contributed by atoms with Gasteiger partial charge in [-0.15, -0.1) is 0 Å². The molecule has 6 nitrogen and oxygen atoms in total. The Morgan fingerprint density at radius 3 is 2.50 bits per heavy atom. The highest BCUT2D eigenvalue weighted by Gasteiger charge is 2.35. The summed E-state index contributed by atoms with van der Waals surface area (Å²) in [7, 11) is -3.46. The fraction of sp³-hybridized carbons (Fsp3) is 0.158. The van der Waals surface area contributed by atoms with Gasteiger partial charge in [0.05, 0.1) is 5.75 Å². The van der Waals surface area contributed by atoms with Crippen molar-refractivity contribution < 1.29 is 13.2 Å². The van der Waals surface area contributed by atoms with Gasteiger partial charge < -0.3 is 9.88 Å². The van der Waals surface area contributed by atoms with Crippen molar-refractivity contribution in [2.24, 2.45) is 0 Å². The second-order valence-corrected chi connectivity index (χ2v) is 8.20. The largest absolute Gasteiger partial charge is 0.320 e. The topological polar surface area (TPSA) is 81.1 Å². The van der Waals surface area contributed by atoms with Gasteiger partial charge >= 0.3 is 0 Å². The third kappa shape index (κ3) is 2.70. The van der Waals surface area contributed by atoms with E-state index in [9.17, 15) is 13.2 Å². The van der Waals surface area contributed by atoms with Crippen molar-refractivity contribution in [3.05, 3.63) is 65.9 Å². The third-order valence-electron chi connectivity index (χ3n) is 4.45. The van der Waals surface area contributed by atoms with E-state index in [0.29, 0.717) is 16.9 Å². The predicted molar refractivity (Wildman–Crippen MR) is 98.8 cm³/mol. The molecule has 2 heterocycles. The number of amides is 1. The number of aryl methyl sites for hydroxylation is 1. The molecule has 1 aromatic heterocycles. The average Bonchev–Trinajstić information content (AvgIpc) is 3.15. The Labute approximate surface area is 151 Å². The van der Waals surface area contributed by atoms with Gasteiger partial charge in [0, 0.05) is 17.8 Å². The number of carbonyl (C=O) groups is 1. The summed E-state index contributed by atoms with van der Waals surface area (Å²) in [5.74, 6) is -0.399. The molecule has 0 saturated heterocycles. The maximum atomic E-state index is 13.0. The van der Waals surface area contributed by atoms with Crippen LogP contribution >= 0.6 is 0 Å². The predicted octanol–water partition coefficient (Wildman–Crippen LogP) is 2.90. The lowest BCUT2D eigenvalue weighted by molar-refractivity contribution is 0.101. The van der Waals surface area contributed by atoms with Gasteiger partial charge in [0.25, 0.3) is 5.91 Å². The van der Waals surface area contributed by atoms with Crippen LogP contribution < -0.4 is 5.32 Å². The Kier molecular flexibility index (Phi) is 3.88. The van der Waals surface area contributed by atoms with E-state index < -0.39 is 9.84 Å². The van der Waals surface area contributed by atoms with Crippen LogP contribution in [0.3, 0.4) is 0 Å². The van der Waals surface area contributed by atoms with Crippen LogP contribution in [-0.2, 0) is 16.4 Å². The molecule has 0 spiro atoms. The van der Waals surface area contributed by atoms with Crippen molar-refractivity contribution in [1.82, 2.24) is 9.55 Å². The molecular formula is C19H17N3O3S. The zero-order valence-electron chi connectivity index (χ0n) is 14.1. The fourth-order valence-corrected chi connectivity index (χ4v) is 4.46. The quantitative estimate of drug-likeness (QED) is 0.772. The van der Waals surface area contributed by atoms with Crippen LogP contribution in [0.15, 0.2) is 59.8 Å². The van der Waals surface area contributed by atoms with Gasteiger partial charge in [-0.05, 0) is 18.6 Å². The summed E-state index contributed by atoms with van der Waals surface area (Å²) < 4.78 is 26.0. The van der Waals surface area contributed by atoms with E-state index in [2.05, 4.69) is 10.3 Å². The Hall–Kier alpha value is -2.93. The molecule has 0 unspecified atom stereocenters. The van der Waals surface area contributed by atoms with Gasteiger partial charge in [-0.3, -0.25) is 4.79 Å². The molecule has 2 aromatic carbocycles. The summed E-state index contributed by atoms with van der Waals surface area (Å²) in [5.41, 5.74) is 2.98. The maximum Gasteiger partial charge on any atom is 0.274 e. The van der Waals surface area contributed by atoms with Crippen molar-refractivity contribution in [1.29, 1.82) is 0 Å². The maximum absolute atomic E-state index is 13.0. The van der Waals surface area contributed by atoms with Crippen LogP contribution in [0, 0.1) is 6.92 Å². The summed E-state index contributed by atoms with van der Waals surface area (Å²) >= 11 is 0. The number of hydrogen-bond donors (Lipinski definition) is 1. The van der Waals surface area contributed by atoms with Gasteiger partial charge in [0.1, 0.15) is 11.4 Å². The first-order valence-electron chi connectivity index (χ1n) is 8.23. The monoisotopic (exact) mass is 367 g/mol. The summed E-state index contributed by atoms with van der Waals surface area (Å²) in [6.45, 7) is 2.13. The number of nitrogens with one attached hydrogen (secondary N) is 1. The van der Waals surface area contributed by atoms with E-state index in [1.807, 2.05) is 61.5 Å². The van der Waals surface area contributed by atoms with Gasteiger partial charge in [0.2, 0.25) is 15.0 Å². The summed E-state index contributed by atoms with van der Waals surface area (Å²) in [6.07, 6.45) is 0. The molecule has 0 fully saturated rings. The lowest BCUT2D eigenvalue weighted by Crippen LogP contribution is -2.18. The molecule has 0 bridgehead atoms. The zero-order valence-corrected chi connectivity index (χ0v) is 15.0. The first-order chi connectivity index (χ1) is 12.5. The van der Waals surface area contributed by atoms with Gasteiger partial charge in [-0.1, -0.05) is 48.5 Å². The Morgan fingerprint density at radius 2 is 1.77 bits per heavy atom. The smallest absolute Gasteiger partial charge is 0.274 e. The lowest BCUT2D eigenvalue weighted by Gasteiger charge is -2.10. The molecule has 1 N–H and O–H groups in total. The third-order valence-corrected chi connectivity index (χ3v) is 6.04. The number of anilines is 1. The number of sulfone groups is 1. The molecule has 4 rings (SSSR count). The number of para-hydroxylation sites is 1. The van der Waals surface area contributed by atoms with E-state index in [4.69, 9.17) is 0 Å². The first-order valence-corrected chi connectivity index (χ1v) is 9.88. The van der Waals surface area contributed by atoms with Crippen LogP contribution in [-0.4, -0.2) is 29.6 Å². The number of fused-ring (bicyclic) bond motifs is 1. The standard InChI is InChI=1S/C19H17N3O3S/c1-13-7-5-6-10-15(13)20-18(23)17-16(14-8-3-2-4-9-14)21-19-22(17)11-12-26(19,24)25/h2-10H,11-12H2,1H3,(H,20,23). The summed E-state index contributed by atoms with van der Waals surface area (Å²) in [4.78, 5) is 17.3. The molecule has 1 amide bonds. The molecule has 132 valence electrons. The molecule has 3 aromatic rings. The number of benzene rings is 2. The van der Waals surface area contributed by atoms with E-state index in [1.165, 1.54) is 4.57 Å². The summed E-state index contributed by atoms with van der Waals surface area (Å²) in [5, 5.41) is 2.85. The van der Waals surface area contributed by atoms with Crippen LogP contribution in [0.2, 0.25) is 0 Å². The Bertz CT molecular complexity index is 1100. The molecule has 7 heteroatoms. The van der Waals surface area contributed by atoms with Crippen LogP contribution in [0.4, 0.5) is 5.69 Å². The van der Waals surface area contributed by atoms with Crippen molar-refractivity contribution >= 4 is 21.4 Å². The minimum Gasteiger partial charge on any atom is -0.320 e. The normalized spacial score (nSPS) is 14.8. The fourth-order valence-electron chi connectivity index (χ4n) is 3.10. The van der Waals surface area contributed by atoms with Gasteiger partial charge in [-0.2, -0.15) is 0 Å². The molecule has 0 atom stereocenters. The number of rotatable bonds is 3. The SMILES string of the molecule is Cc1ccccc1NC(=O)c1c(-c2ccccc2)nc2n1CCS2(=O)=O. The molecular weight excluding hydrogens is 350 g/mol. The second kappa shape index (κ2) is 6.10. The molecule has 26 heavy (non-hydrogen) atoms. The number of aromatic nitrogens is 2. The highest BCUT2D eigenvalue weighted by molar-refractivity contribution is 7.91. The highest BCUT2D eigenvalue weighted by atomic mass is 32.2. The minimum atomic E-state index is -3.46. The molecule has 1 aliphatic heterocycles. The first kappa shape index (κ1) is 16.5. The lowest BCUT2D eigenvalue weighted by atomic mass is 10.1. The second-order valence-electron chi connectivity index (χ2n) is 6.20. The van der Waals surface area contributed by atoms with Crippen molar-refractivity contribution in [2.45, 2.75) is 18.6 Å². The minimum absolute atomic E-state index is 0.0327. The van der Waals surface area contributed by atoms with E-state index >= 15 is 0 Å². The van der Waals surface area contributed by atoms with Crippen molar-refractivity contribution in [3.63, 3.8) is 0 Å². The number of carbonyl (C=O) groups excluding carboxylic acids is 1. The molecule has 0 aliphatic carbocycles. The highest BCUT2D eigenvalue weighted by Crippen LogP contribution is 2.31. The van der Waals surface area contributed by atoms with Crippen LogP contribution in [0.1, 0.15) is 16.1 Å². The molecule has 1 aliphatic rings. The molecule has 0 saturated carbocycles. The molecule has 0 radical (unpaired) electrons. The van der Waals surface area contributed by atoms with Gasteiger partial charge in [0.15, 0.2) is 0 Å². The van der Waals surface area contributed by atoms with E-state index in [1.54, 1.807) is 0 Å². The number of hydrogen-bond acceptors (Lipinski definition) is 4. The zero-order chi connectivity index (χ0) is 18.3. The van der Waals surface area contributed by atoms with Gasteiger partial charge in [-0.25, -0.2) is 13.4 Å². The Morgan fingerprint density at radius 1 is 1.08 bits per heavy atom. The van der Waals surface area contributed by atoms with Crippen molar-refractivity contribution in [3.8, 4) is 11.3 Å². The van der Waals surface area contributed by atoms with Crippen LogP contribution in [0.5, 0.6) is 0 Å². The summed E-state index contributed by atoms with van der Waals surface area (Å²) in [6, 6.07) is 16.6. The number of nitrogens with zero attached hydrogens (tertiary/aromatic N) is 2. The average molecular weight is 367 g/mol. The van der Waals surface area contributed by atoms with Crippen LogP contribution in [0.25, 0.3) is 11.3 Å². The van der Waals surface area contributed by atoms with Crippen molar-refractivity contribution in [2.75, 3.05) is 11.1 Å².